The third-order valence-corrected chi connectivity index (χ3v) is 4.17. The van der Waals surface area contributed by atoms with E-state index in [9.17, 15) is 14.4 Å². The van der Waals surface area contributed by atoms with E-state index in [0.717, 1.165) is 0 Å². The van der Waals surface area contributed by atoms with Gasteiger partial charge >= 0.3 is 6.16 Å². The third-order valence-electron chi connectivity index (χ3n) is 4.17. The van der Waals surface area contributed by atoms with Crippen molar-refractivity contribution in [1.29, 1.82) is 0 Å². The van der Waals surface area contributed by atoms with Crippen molar-refractivity contribution in [2.45, 2.75) is 33.3 Å². The average molecular weight is 368 g/mol. The smallest absolute Gasteiger partial charge is 0.493 e. The number of rotatable bonds is 2. The molecule has 0 aromatic heterocycles. The van der Waals surface area contributed by atoms with Crippen molar-refractivity contribution < 1.29 is 28.6 Å². The van der Waals surface area contributed by atoms with E-state index in [-0.39, 0.29) is 34.2 Å². The fourth-order valence-corrected chi connectivity index (χ4v) is 3.03. The molecule has 3 rings (SSSR count). The molecule has 0 N–H and O–H groups in total. The quantitative estimate of drug-likeness (QED) is 0.501. The Hall–Kier alpha value is -3.15. The van der Waals surface area contributed by atoms with E-state index < -0.39 is 11.8 Å². The van der Waals surface area contributed by atoms with E-state index in [1.807, 2.05) is 0 Å². The molecule has 6 nitrogen and oxygen atoms in total. The Morgan fingerprint density at radius 1 is 0.963 bits per heavy atom. The molecule has 27 heavy (non-hydrogen) atoms. The lowest BCUT2D eigenvalue weighted by molar-refractivity contribution is 0.0199. The first-order valence-corrected chi connectivity index (χ1v) is 8.45. The predicted octanol–water partition coefficient (Wildman–Crippen LogP) is 4.09. The number of methoxy groups -OCH3 is 1. The molecule has 0 bridgehead atoms. The van der Waals surface area contributed by atoms with E-state index in [1.54, 1.807) is 52.0 Å². The van der Waals surface area contributed by atoms with Gasteiger partial charge in [-0.3, -0.25) is 9.59 Å². The molecule has 0 saturated carbocycles. The highest BCUT2D eigenvalue weighted by Crippen LogP contribution is 2.40. The first-order valence-electron chi connectivity index (χ1n) is 8.45. The van der Waals surface area contributed by atoms with Crippen molar-refractivity contribution in [3.8, 4) is 11.5 Å². The van der Waals surface area contributed by atoms with E-state index in [0.29, 0.717) is 16.7 Å². The summed E-state index contributed by atoms with van der Waals surface area (Å²) in [5.41, 5.74) is 0.714. The summed E-state index contributed by atoms with van der Waals surface area (Å²) < 4.78 is 15.8. The second kappa shape index (κ2) is 6.54. The van der Waals surface area contributed by atoms with Gasteiger partial charge < -0.3 is 14.2 Å². The average Bonchev–Trinajstić information content (AvgIpc) is 2.59. The number of carbonyl (C=O) groups excluding carboxylic acids is 3. The Bertz CT molecular complexity index is 965. The van der Waals surface area contributed by atoms with Gasteiger partial charge in [-0.2, -0.15) is 0 Å². The summed E-state index contributed by atoms with van der Waals surface area (Å²) in [6.07, 6.45) is -0.918. The molecule has 2 aromatic carbocycles. The first-order chi connectivity index (χ1) is 12.6. The Morgan fingerprint density at radius 2 is 1.56 bits per heavy atom. The summed E-state index contributed by atoms with van der Waals surface area (Å²) in [5.74, 6) is -0.330. The Kier molecular flexibility index (Phi) is 4.51. The van der Waals surface area contributed by atoms with Crippen LogP contribution in [-0.4, -0.2) is 30.4 Å². The molecule has 6 heteroatoms. The summed E-state index contributed by atoms with van der Waals surface area (Å²) in [6, 6.07) is 8.06. The lowest BCUT2D eigenvalue weighted by Gasteiger charge is -2.23. The van der Waals surface area contributed by atoms with Crippen molar-refractivity contribution in [3.63, 3.8) is 0 Å². The van der Waals surface area contributed by atoms with Crippen LogP contribution in [0.5, 0.6) is 11.5 Å². The monoisotopic (exact) mass is 368 g/mol. The molecule has 0 fully saturated rings. The minimum absolute atomic E-state index is 0.0611. The van der Waals surface area contributed by atoms with E-state index in [2.05, 4.69) is 0 Å². The van der Waals surface area contributed by atoms with Crippen molar-refractivity contribution in [2.24, 2.45) is 0 Å². The van der Waals surface area contributed by atoms with Gasteiger partial charge in [0.05, 0.1) is 7.11 Å². The molecule has 0 unspecified atom stereocenters. The van der Waals surface area contributed by atoms with Gasteiger partial charge in [-0.15, -0.1) is 0 Å². The molecular weight excluding hydrogens is 348 g/mol. The Labute approximate surface area is 157 Å². The van der Waals surface area contributed by atoms with Crippen LogP contribution in [0.4, 0.5) is 4.79 Å². The second-order valence-corrected chi connectivity index (χ2v) is 7.23. The highest BCUT2D eigenvalue weighted by molar-refractivity contribution is 6.29. The molecule has 1 aliphatic carbocycles. The molecule has 0 aliphatic heterocycles. The first kappa shape index (κ1) is 18.6. The van der Waals surface area contributed by atoms with Crippen molar-refractivity contribution in [2.75, 3.05) is 7.11 Å². The zero-order valence-corrected chi connectivity index (χ0v) is 15.8. The molecule has 0 saturated heterocycles. The van der Waals surface area contributed by atoms with E-state index in [4.69, 9.17) is 14.2 Å². The van der Waals surface area contributed by atoms with Gasteiger partial charge in [-0.05, 0) is 33.8 Å². The van der Waals surface area contributed by atoms with Crippen LogP contribution in [0.3, 0.4) is 0 Å². The van der Waals surface area contributed by atoms with Gasteiger partial charge in [0.1, 0.15) is 5.60 Å². The number of ether oxygens (including phenoxy) is 3. The summed E-state index contributed by atoms with van der Waals surface area (Å²) in [7, 11) is 1.40. The molecular formula is C21H20O6. The SMILES string of the molecule is COc1cc2c(c(C)c1OC(=O)OC(C)(C)C)C(=O)c1ccccc1C2=O. The normalized spacial score (nSPS) is 12.9. The van der Waals surface area contributed by atoms with Crippen molar-refractivity contribution in [3.05, 3.63) is 58.1 Å². The summed E-state index contributed by atoms with van der Waals surface area (Å²) in [5, 5.41) is 0. The fraction of sp³-hybridized carbons (Fsp3) is 0.286. The second-order valence-electron chi connectivity index (χ2n) is 7.23. The van der Waals surface area contributed by atoms with E-state index >= 15 is 0 Å². The molecule has 140 valence electrons. The number of hydrogen-bond acceptors (Lipinski definition) is 6. The topological polar surface area (TPSA) is 78.9 Å². The molecule has 1 aliphatic rings. The number of fused-ring (bicyclic) bond motifs is 2. The largest absolute Gasteiger partial charge is 0.514 e. The van der Waals surface area contributed by atoms with Crippen molar-refractivity contribution in [1.82, 2.24) is 0 Å². The van der Waals surface area contributed by atoms with Crippen LogP contribution in [0.2, 0.25) is 0 Å². The van der Waals surface area contributed by atoms with Gasteiger partial charge in [0, 0.05) is 27.8 Å². The summed E-state index contributed by atoms with van der Waals surface area (Å²) in [6.45, 7) is 6.75. The molecule has 0 radical (unpaired) electrons. The van der Waals surface area contributed by atoms with Crippen LogP contribution in [-0.2, 0) is 4.74 Å². The van der Waals surface area contributed by atoms with Gasteiger partial charge in [-0.1, -0.05) is 24.3 Å². The minimum Gasteiger partial charge on any atom is -0.493 e. The van der Waals surface area contributed by atoms with Crippen LogP contribution >= 0.6 is 0 Å². The lowest BCUT2D eigenvalue weighted by Crippen LogP contribution is -2.27. The highest BCUT2D eigenvalue weighted by Gasteiger charge is 2.34. The Balaban J connectivity index is 2.12. The van der Waals surface area contributed by atoms with Crippen LogP contribution in [0, 0.1) is 6.92 Å². The number of hydrogen-bond donors (Lipinski definition) is 0. The van der Waals surface area contributed by atoms with Crippen LogP contribution in [0.15, 0.2) is 30.3 Å². The van der Waals surface area contributed by atoms with Crippen molar-refractivity contribution >= 4 is 17.7 Å². The molecule has 0 atom stereocenters. The number of benzene rings is 2. The fourth-order valence-electron chi connectivity index (χ4n) is 3.03. The molecule has 2 aromatic rings. The Morgan fingerprint density at radius 3 is 2.11 bits per heavy atom. The van der Waals surface area contributed by atoms with Crippen LogP contribution in [0.1, 0.15) is 58.2 Å². The van der Waals surface area contributed by atoms with Gasteiger partial charge in [-0.25, -0.2) is 4.79 Å². The highest BCUT2D eigenvalue weighted by atomic mass is 16.7. The molecule has 0 spiro atoms. The predicted molar refractivity (Wildman–Crippen MR) is 97.9 cm³/mol. The lowest BCUT2D eigenvalue weighted by atomic mass is 9.81. The maximum absolute atomic E-state index is 13.0. The van der Waals surface area contributed by atoms with E-state index in [1.165, 1.54) is 13.2 Å². The summed E-state index contributed by atoms with van der Waals surface area (Å²) in [4.78, 5) is 37.9. The van der Waals surface area contributed by atoms with Crippen LogP contribution < -0.4 is 9.47 Å². The number of carbonyl (C=O) groups is 3. The number of ketones is 2. The maximum Gasteiger partial charge on any atom is 0.514 e. The van der Waals surface area contributed by atoms with Gasteiger partial charge in [0.2, 0.25) is 0 Å². The maximum atomic E-state index is 13.0. The standard InChI is InChI=1S/C21H20O6/c1-11-16-14(17(22)12-8-6-7-9-13(12)18(16)23)10-15(25-5)19(11)26-20(24)27-21(2,3)4/h6-10H,1-5H3. The molecule has 0 amide bonds. The summed E-state index contributed by atoms with van der Waals surface area (Å²) >= 11 is 0. The third kappa shape index (κ3) is 3.30. The molecule has 0 heterocycles. The van der Waals surface area contributed by atoms with Gasteiger partial charge in [0.15, 0.2) is 23.1 Å². The zero-order chi connectivity index (χ0) is 19.9. The minimum atomic E-state index is -0.918. The zero-order valence-electron chi connectivity index (χ0n) is 15.8. The van der Waals surface area contributed by atoms with Gasteiger partial charge in [0.25, 0.3) is 0 Å². The van der Waals surface area contributed by atoms with Crippen LogP contribution in [0.25, 0.3) is 0 Å².